The Labute approximate surface area is 125 Å². The van der Waals surface area contributed by atoms with Gasteiger partial charge in [0.15, 0.2) is 0 Å². The third-order valence-corrected chi connectivity index (χ3v) is 3.53. The van der Waals surface area contributed by atoms with Crippen molar-refractivity contribution in [1.82, 2.24) is 0 Å². The summed E-state index contributed by atoms with van der Waals surface area (Å²) in [4.78, 5) is 0. The van der Waals surface area contributed by atoms with Crippen LogP contribution in [0.5, 0.6) is 11.5 Å². The number of ether oxygens (including phenoxy) is 1. The molecule has 0 atom stereocenters. The van der Waals surface area contributed by atoms with E-state index in [1.54, 1.807) is 18.2 Å². The van der Waals surface area contributed by atoms with Crippen molar-refractivity contribution in [1.29, 1.82) is 0 Å². The van der Waals surface area contributed by atoms with Crippen LogP contribution >= 0.6 is 11.6 Å². The van der Waals surface area contributed by atoms with Crippen molar-refractivity contribution in [2.24, 2.45) is 0 Å². The Bertz CT molecular complexity index is 606. The van der Waals surface area contributed by atoms with E-state index in [-0.39, 0.29) is 6.61 Å². The lowest BCUT2D eigenvalue weighted by atomic mass is 9.98. The van der Waals surface area contributed by atoms with Crippen LogP contribution in [0.25, 0.3) is 0 Å². The fourth-order valence-electron chi connectivity index (χ4n) is 2.24. The molecule has 0 aliphatic heterocycles. The summed E-state index contributed by atoms with van der Waals surface area (Å²) in [6.45, 7) is 6.34. The maximum Gasteiger partial charge on any atom is 0.134 e. The summed E-state index contributed by atoms with van der Waals surface area (Å²) in [6.07, 6.45) is 0. The molecule has 3 heteroatoms. The van der Waals surface area contributed by atoms with Crippen LogP contribution in [0.4, 0.5) is 0 Å². The zero-order chi connectivity index (χ0) is 14.7. The molecule has 0 bridgehead atoms. The monoisotopic (exact) mass is 290 g/mol. The molecule has 1 N–H and O–H groups in total. The summed E-state index contributed by atoms with van der Waals surface area (Å²) >= 11 is 5.98. The smallest absolute Gasteiger partial charge is 0.134 e. The molecular weight excluding hydrogens is 272 g/mol. The van der Waals surface area contributed by atoms with Crippen LogP contribution in [0, 0.1) is 6.92 Å². The van der Waals surface area contributed by atoms with Crippen LogP contribution < -0.4 is 4.74 Å². The van der Waals surface area contributed by atoms with E-state index >= 15 is 0 Å². The van der Waals surface area contributed by atoms with Crippen molar-refractivity contribution >= 4 is 11.6 Å². The number of aryl methyl sites for hydroxylation is 1. The summed E-state index contributed by atoms with van der Waals surface area (Å²) in [6, 6.07) is 11.3. The molecule has 0 aliphatic carbocycles. The fourth-order valence-corrected chi connectivity index (χ4v) is 2.40. The van der Waals surface area contributed by atoms with Crippen LogP contribution in [-0.2, 0) is 6.61 Å². The molecule has 0 fully saturated rings. The van der Waals surface area contributed by atoms with E-state index in [9.17, 15) is 5.11 Å². The second kappa shape index (κ2) is 6.29. The summed E-state index contributed by atoms with van der Waals surface area (Å²) < 4.78 is 5.85. The summed E-state index contributed by atoms with van der Waals surface area (Å²) in [7, 11) is 0. The summed E-state index contributed by atoms with van der Waals surface area (Å²) in [5.41, 5.74) is 3.23. The zero-order valence-electron chi connectivity index (χ0n) is 12.0. The van der Waals surface area contributed by atoms with Gasteiger partial charge in [-0.1, -0.05) is 37.6 Å². The molecule has 0 spiro atoms. The summed E-state index contributed by atoms with van der Waals surface area (Å²) in [5, 5.41) is 9.93. The van der Waals surface area contributed by atoms with Crippen molar-refractivity contribution in [3.8, 4) is 11.5 Å². The molecule has 2 aromatic rings. The highest BCUT2D eigenvalue weighted by molar-refractivity contribution is 6.30. The first-order chi connectivity index (χ1) is 9.51. The Balaban J connectivity index is 2.31. The van der Waals surface area contributed by atoms with Gasteiger partial charge in [0, 0.05) is 10.6 Å². The molecule has 2 rings (SSSR count). The number of hydrogen-bond donors (Lipinski definition) is 1. The minimum absolute atomic E-state index is 0.0738. The van der Waals surface area contributed by atoms with Gasteiger partial charge in [0.05, 0.1) is 6.61 Å². The molecule has 0 saturated carbocycles. The lowest BCUT2D eigenvalue weighted by molar-refractivity contribution is 0.276. The standard InChI is InChI=1S/C17H19ClO2/c1-11(2)16-7-6-15(8-12(16)3)20-17-9-14(18)5-4-13(17)10-19/h4-9,11,19H,10H2,1-3H3. The van der Waals surface area contributed by atoms with E-state index < -0.39 is 0 Å². The number of aliphatic hydroxyl groups excluding tert-OH is 1. The van der Waals surface area contributed by atoms with E-state index in [0.29, 0.717) is 16.7 Å². The number of aliphatic hydroxyl groups is 1. The molecule has 0 radical (unpaired) electrons. The molecule has 0 aromatic heterocycles. The van der Waals surface area contributed by atoms with Crippen molar-refractivity contribution < 1.29 is 9.84 Å². The fraction of sp³-hybridized carbons (Fsp3) is 0.294. The topological polar surface area (TPSA) is 29.5 Å². The molecule has 2 nitrogen and oxygen atoms in total. The Hall–Kier alpha value is -1.51. The maximum atomic E-state index is 9.34. The predicted molar refractivity (Wildman–Crippen MR) is 82.7 cm³/mol. The van der Waals surface area contributed by atoms with E-state index in [1.165, 1.54) is 11.1 Å². The molecule has 106 valence electrons. The van der Waals surface area contributed by atoms with E-state index in [4.69, 9.17) is 16.3 Å². The number of halogens is 1. The van der Waals surface area contributed by atoms with Gasteiger partial charge in [-0.05, 0) is 48.2 Å². The SMILES string of the molecule is Cc1cc(Oc2cc(Cl)ccc2CO)ccc1C(C)C. The highest BCUT2D eigenvalue weighted by Gasteiger charge is 2.08. The van der Waals surface area contributed by atoms with Gasteiger partial charge in [-0.25, -0.2) is 0 Å². The largest absolute Gasteiger partial charge is 0.457 e. The first-order valence-corrected chi connectivity index (χ1v) is 7.06. The maximum absolute atomic E-state index is 9.34. The Morgan fingerprint density at radius 3 is 2.50 bits per heavy atom. The Morgan fingerprint density at radius 1 is 1.15 bits per heavy atom. The third kappa shape index (κ3) is 3.33. The van der Waals surface area contributed by atoms with Gasteiger partial charge < -0.3 is 9.84 Å². The molecule has 0 amide bonds. The first-order valence-electron chi connectivity index (χ1n) is 6.69. The van der Waals surface area contributed by atoms with Crippen molar-refractivity contribution in [3.05, 3.63) is 58.1 Å². The van der Waals surface area contributed by atoms with Crippen LogP contribution in [-0.4, -0.2) is 5.11 Å². The van der Waals surface area contributed by atoms with E-state index in [0.717, 1.165) is 11.3 Å². The van der Waals surface area contributed by atoms with Gasteiger partial charge >= 0.3 is 0 Å². The van der Waals surface area contributed by atoms with Crippen molar-refractivity contribution in [2.75, 3.05) is 0 Å². The zero-order valence-corrected chi connectivity index (χ0v) is 12.7. The van der Waals surface area contributed by atoms with Gasteiger partial charge in [0.25, 0.3) is 0 Å². The van der Waals surface area contributed by atoms with E-state index in [2.05, 4.69) is 26.8 Å². The molecule has 0 aliphatic rings. The highest BCUT2D eigenvalue weighted by Crippen LogP contribution is 2.30. The van der Waals surface area contributed by atoms with Crippen LogP contribution in [0.15, 0.2) is 36.4 Å². The second-order valence-corrected chi connectivity index (χ2v) is 5.62. The number of hydrogen-bond acceptors (Lipinski definition) is 2. The van der Waals surface area contributed by atoms with Gasteiger partial charge in [0.2, 0.25) is 0 Å². The van der Waals surface area contributed by atoms with Gasteiger partial charge in [-0.2, -0.15) is 0 Å². The average molecular weight is 291 g/mol. The van der Waals surface area contributed by atoms with Crippen LogP contribution in [0.2, 0.25) is 5.02 Å². The number of benzene rings is 2. The predicted octanol–water partition coefficient (Wildman–Crippen LogP) is 5.06. The lowest BCUT2D eigenvalue weighted by Crippen LogP contribution is -1.95. The molecule has 0 saturated heterocycles. The molecule has 20 heavy (non-hydrogen) atoms. The van der Waals surface area contributed by atoms with Gasteiger partial charge in [-0.15, -0.1) is 0 Å². The highest BCUT2D eigenvalue weighted by atomic mass is 35.5. The van der Waals surface area contributed by atoms with Crippen LogP contribution in [0.1, 0.15) is 36.5 Å². The van der Waals surface area contributed by atoms with Crippen molar-refractivity contribution in [3.63, 3.8) is 0 Å². The average Bonchev–Trinajstić information content (AvgIpc) is 2.38. The summed E-state index contributed by atoms with van der Waals surface area (Å²) in [5.74, 6) is 1.84. The Morgan fingerprint density at radius 2 is 1.90 bits per heavy atom. The number of rotatable bonds is 4. The van der Waals surface area contributed by atoms with E-state index in [1.807, 2.05) is 12.1 Å². The van der Waals surface area contributed by atoms with Crippen LogP contribution in [0.3, 0.4) is 0 Å². The van der Waals surface area contributed by atoms with Gasteiger partial charge in [-0.3, -0.25) is 0 Å². The van der Waals surface area contributed by atoms with Crippen molar-refractivity contribution in [2.45, 2.75) is 33.3 Å². The normalized spacial score (nSPS) is 10.9. The lowest BCUT2D eigenvalue weighted by Gasteiger charge is -2.14. The molecular formula is C17H19ClO2. The third-order valence-electron chi connectivity index (χ3n) is 3.29. The minimum Gasteiger partial charge on any atom is -0.457 e. The second-order valence-electron chi connectivity index (χ2n) is 5.19. The molecule has 0 unspecified atom stereocenters. The van der Waals surface area contributed by atoms with Gasteiger partial charge in [0.1, 0.15) is 11.5 Å². The molecule has 2 aromatic carbocycles. The quantitative estimate of drug-likeness (QED) is 0.853. The first kappa shape index (κ1) is 14.9. The molecule has 0 heterocycles. The Kier molecular flexibility index (Phi) is 4.69. The minimum atomic E-state index is -0.0738.